The highest BCUT2D eigenvalue weighted by molar-refractivity contribution is 7.18. The topological polar surface area (TPSA) is 58.1 Å². The lowest BCUT2D eigenvalue weighted by molar-refractivity contribution is -0.150. The van der Waals surface area contributed by atoms with Gasteiger partial charge in [0.05, 0.1) is 28.4 Å². The normalized spacial score (nSPS) is 28.1. The minimum Gasteiger partial charge on any atom is -0.349 e. The van der Waals surface area contributed by atoms with Crippen molar-refractivity contribution >= 4 is 27.6 Å². The fraction of sp³-hybridized carbons (Fsp3) is 0.632. The van der Waals surface area contributed by atoms with Crippen LogP contribution in [0.1, 0.15) is 59.8 Å². The van der Waals surface area contributed by atoms with E-state index in [0.29, 0.717) is 11.5 Å². The molecule has 1 N–H and O–H groups in total. The first-order valence-electron chi connectivity index (χ1n) is 9.66. The van der Waals surface area contributed by atoms with Crippen molar-refractivity contribution in [2.75, 3.05) is 13.1 Å². The smallest absolute Gasteiger partial charge is 0.272 e. The zero-order valence-electron chi connectivity index (χ0n) is 15.0. The number of carbonyl (C=O) groups is 1. The molecular weight excluding hydrogens is 370 g/mol. The summed E-state index contributed by atoms with van der Waals surface area (Å²) in [5.74, 6) is -2.03. The van der Waals surface area contributed by atoms with E-state index in [0.717, 1.165) is 41.0 Å². The van der Waals surface area contributed by atoms with Crippen LogP contribution >= 0.6 is 11.3 Å². The van der Waals surface area contributed by atoms with Gasteiger partial charge in [0.15, 0.2) is 5.65 Å². The van der Waals surface area contributed by atoms with Gasteiger partial charge < -0.3 is 5.32 Å². The highest BCUT2D eigenvalue weighted by Gasteiger charge is 2.47. The second-order valence-electron chi connectivity index (χ2n) is 8.11. The average Bonchev–Trinajstić information content (AvgIpc) is 3.39. The summed E-state index contributed by atoms with van der Waals surface area (Å²) in [7, 11) is 0. The van der Waals surface area contributed by atoms with Crippen molar-refractivity contribution in [2.45, 2.75) is 62.4 Å². The second kappa shape index (κ2) is 6.44. The van der Waals surface area contributed by atoms with Gasteiger partial charge in [0.1, 0.15) is 0 Å². The number of likely N-dealkylation sites (tertiary alicyclic amines) is 1. The van der Waals surface area contributed by atoms with E-state index in [9.17, 15) is 13.6 Å². The number of fused-ring (bicyclic) bond motifs is 1. The highest BCUT2D eigenvalue weighted by Crippen LogP contribution is 2.43. The first kappa shape index (κ1) is 17.4. The summed E-state index contributed by atoms with van der Waals surface area (Å²) >= 11 is 1.64. The van der Waals surface area contributed by atoms with E-state index in [1.54, 1.807) is 17.5 Å². The molecule has 0 spiro atoms. The molecule has 8 heteroatoms. The number of hydrogen-bond donors (Lipinski definition) is 1. The molecule has 2 saturated carbocycles. The molecular formula is C19H22F2N4OS. The number of halogens is 2. The average molecular weight is 392 g/mol. The van der Waals surface area contributed by atoms with E-state index < -0.39 is 5.92 Å². The molecule has 27 heavy (non-hydrogen) atoms. The first-order valence-corrected chi connectivity index (χ1v) is 10.5. The number of thiazole rings is 1. The van der Waals surface area contributed by atoms with Crippen LogP contribution in [0.15, 0.2) is 12.3 Å². The van der Waals surface area contributed by atoms with E-state index in [2.05, 4.69) is 15.3 Å². The monoisotopic (exact) mass is 392 g/mol. The molecule has 0 bridgehead atoms. The third kappa shape index (κ3) is 3.57. The Balaban J connectivity index is 1.18. The standard InChI is InChI=1S/C19H22F2N4OS/c20-19(21)9-25(10-19)14-5-3-13(4-6-14)23-17(26)12-7-15-16(22-8-12)24-18(27-15)11-1-2-11/h7-8,11,13-14H,1-6,9-10H2,(H,23,26). The van der Waals surface area contributed by atoms with Crippen molar-refractivity contribution in [1.29, 1.82) is 0 Å². The number of nitrogens with zero attached hydrogens (tertiary/aromatic N) is 3. The van der Waals surface area contributed by atoms with Crippen LogP contribution in [0, 0.1) is 0 Å². The lowest BCUT2D eigenvalue weighted by atomic mass is 9.88. The van der Waals surface area contributed by atoms with E-state index in [1.807, 2.05) is 11.0 Å². The maximum Gasteiger partial charge on any atom is 0.272 e. The predicted molar refractivity (Wildman–Crippen MR) is 99.4 cm³/mol. The molecule has 5 nitrogen and oxygen atoms in total. The van der Waals surface area contributed by atoms with Crippen LogP contribution < -0.4 is 5.32 Å². The van der Waals surface area contributed by atoms with Crippen molar-refractivity contribution < 1.29 is 13.6 Å². The van der Waals surface area contributed by atoms with Gasteiger partial charge in [-0.1, -0.05) is 0 Å². The maximum atomic E-state index is 13.0. The van der Waals surface area contributed by atoms with E-state index in [-0.39, 0.29) is 31.1 Å². The summed E-state index contributed by atoms with van der Waals surface area (Å²) in [6.07, 6.45) is 7.38. The Morgan fingerprint density at radius 1 is 1.19 bits per heavy atom. The number of nitrogens with one attached hydrogen (secondary N) is 1. The number of alkyl halides is 2. The van der Waals surface area contributed by atoms with Crippen molar-refractivity contribution in [2.24, 2.45) is 0 Å². The Bertz CT molecular complexity index is 866. The van der Waals surface area contributed by atoms with Gasteiger partial charge in [0, 0.05) is 24.2 Å². The molecule has 0 radical (unpaired) electrons. The SMILES string of the molecule is O=C(NC1CCC(N2CC(F)(F)C2)CC1)c1cnc2nc(C3CC3)sc2c1. The molecule has 5 rings (SSSR count). The van der Waals surface area contributed by atoms with Crippen molar-refractivity contribution in [3.63, 3.8) is 0 Å². The van der Waals surface area contributed by atoms with Gasteiger partial charge in [-0.15, -0.1) is 11.3 Å². The number of carbonyl (C=O) groups excluding carboxylic acids is 1. The number of amides is 1. The van der Waals surface area contributed by atoms with Crippen molar-refractivity contribution in [1.82, 2.24) is 20.2 Å². The maximum absolute atomic E-state index is 13.0. The van der Waals surface area contributed by atoms with Crippen LogP contribution in [0.4, 0.5) is 8.78 Å². The molecule has 2 aromatic rings. The van der Waals surface area contributed by atoms with Crippen LogP contribution in [-0.2, 0) is 0 Å². The first-order chi connectivity index (χ1) is 13.0. The Morgan fingerprint density at radius 2 is 1.93 bits per heavy atom. The van der Waals surface area contributed by atoms with Crippen LogP contribution in [-0.4, -0.2) is 51.9 Å². The number of hydrogen-bond acceptors (Lipinski definition) is 5. The summed E-state index contributed by atoms with van der Waals surface area (Å²) in [4.78, 5) is 23.4. The van der Waals surface area contributed by atoms with Crippen LogP contribution in [0.5, 0.6) is 0 Å². The Morgan fingerprint density at radius 3 is 2.59 bits per heavy atom. The lowest BCUT2D eigenvalue weighted by Gasteiger charge is -2.46. The summed E-state index contributed by atoms with van der Waals surface area (Å²) in [5.41, 5.74) is 1.29. The molecule has 3 fully saturated rings. The number of pyridine rings is 1. The van der Waals surface area contributed by atoms with Crippen molar-refractivity contribution in [3.05, 3.63) is 22.8 Å². The summed E-state index contributed by atoms with van der Waals surface area (Å²) in [6, 6.07) is 2.22. The molecule has 0 aromatic carbocycles. The number of rotatable bonds is 4. The van der Waals surface area contributed by atoms with Gasteiger partial charge in [-0.2, -0.15) is 0 Å². The summed E-state index contributed by atoms with van der Waals surface area (Å²) < 4.78 is 27.0. The quantitative estimate of drug-likeness (QED) is 0.864. The Hall–Kier alpha value is -1.67. The molecule has 1 saturated heterocycles. The Labute approximate surface area is 160 Å². The largest absolute Gasteiger partial charge is 0.349 e. The molecule has 1 aliphatic heterocycles. The molecule has 2 aliphatic carbocycles. The molecule has 144 valence electrons. The van der Waals surface area contributed by atoms with Gasteiger partial charge in [-0.05, 0) is 44.6 Å². The highest BCUT2D eigenvalue weighted by atomic mass is 32.1. The third-order valence-corrected chi connectivity index (χ3v) is 7.02. The second-order valence-corrected chi connectivity index (χ2v) is 9.17. The van der Waals surface area contributed by atoms with E-state index >= 15 is 0 Å². The fourth-order valence-electron chi connectivity index (χ4n) is 4.13. The predicted octanol–water partition coefficient (Wildman–Crippen LogP) is 3.56. The zero-order chi connectivity index (χ0) is 18.6. The lowest BCUT2D eigenvalue weighted by Crippen LogP contribution is -2.60. The van der Waals surface area contributed by atoms with E-state index in [1.165, 1.54) is 12.8 Å². The van der Waals surface area contributed by atoms with Gasteiger partial charge in [-0.25, -0.2) is 18.7 Å². The van der Waals surface area contributed by atoms with Gasteiger partial charge >= 0.3 is 0 Å². The van der Waals surface area contributed by atoms with Gasteiger partial charge in [-0.3, -0.25) is 9.69 Å². The molecule has 0 unspecified atom stereocenters. The molecule has 3 aliphatic rings. The van der Waals surface area contributed by atoms with Crippen molar-refractivity contribution in [3.8, 4) is 0 Å². The molecule has 3 heterocycles. The molecule has 0 atom stereocenters. The summed E-state index contributed by atoms with van der Waals surface area (Å²) in [5, 5.41) is 4.22. The van der Waals surface area contributed by atoms with Gasteiger partial charge in [0.25, 0.3) is 11.8 Å². The van der Waals surface area contributed by atoms with Crippen LogP contribution in [0.3, 0.4) is 0 Å². The van der Waals surface area contributed by atoms with E-state index in [4.69, 9.17) is 0 Å². The molecule has 2 aromatic heterocycles. The zero-order valence-corrected chi connectivity index (χ0v) is 15.8. The molecule has 1 amide bonds. The Kier molecular flexibility index (Phi) is 4.16. The van der Waals surface area contributed by atoms with Crippen LogP contribution in [0.25, 0.3) is 10.3 Å². The number of aromatic nitrogens is 2. The summed E-state index contributed by atoms with van der Waals surface area (Å²) in [6.45, 7) is -0.226. The third-order valence-electron chi connectivity index (χ3n) is 5.87. The van der Waals surface area contributed by atoms with Crippen LogP contribution in [0.2, 0.25) is 0 Å². The minimum atomic E-state index is -2.51. The fourth-order valence-corrected chi connectivity index (χ4v) is 5.26. The minimum absolute atomic E-state index is 0.106. The van der Waals surface area contributed by atoms with Gasteiger partial charge in [0.2, 0.25) is 0 Å².